The zero-order valence-electron chi connectivity index (χ0n) is 12.8. The summed E-state index contributed by atoms with van der Waals surface area (Å²) in [6.07, 6.45) is 3.18. The van der Waals surface area contributed by atoms with Crippen molar-refractivity contribution in [1.82, 2.24) is 10.3 Å². The van der Waals surface area contributed by atoms with E-state index in [1.54, 1.807) is 0 Å². The van der Waals surface area contributed by atoms with Crippen molar-refractivity contribution in [3.63, 3.8) is 0 Å². The number of aromatic amines is 1. The number of aromatic nitrogens is 1. The van der Waals surface area contributed by atoms with Gasteiger partial charge in [-0.1, -0.05) is 36.4 Å². The molecule has 2 aromatic carbocycles. The number of hydrogen-bond acceptors (Lipinski definition) is 1. The topological polar surface area (TPSA) is 39.8 Å². The van der Waals surface area contributed by atoms with Crippen molar-refractivity contribution in [2.24, 2.45) is 0 Å². The molecule has 116 valence electrons. The quantitative estimate of drug-likeness (QED) is 0.625. The molecule has 0 spiro atoms. The molecule has 3 N–H and O–H groups in total. The van der Waals surface area contributed by atoms with E-state index in [0.717, 1.165) is 24.9 Å². The lowest BCUT2D eigenvalue weighted by molar-refractivity contribution is 0.527. The summed E-state index contributed by atoms with van der Waals surface area (Å²) in [4.78, 5) is 3.57. The smallest absolute Gasteiger partial charge is 0.171 e. The van der Waals surface area contributed by atoms with E-state index in [0.29, 0.717) is 11.2 Å². The Morgan fingerprint density at radius 1 is 1.04 bits per heavy atom. The van der Waals surface area contributed by atoms with Crippen molar-refractivity contribution in [1.29, 1.82) is 0 Å². The van der Waals surface area contributed by atoms with Gasteiger partial charge in [0.2, 0.25) is 0 Å². The molecule has 1 atom stereocenters. The minimum absolute atomic E-state index is 0.374. The Labute approximate surface area is 141 Å². The largest absolute Gasteiger partial charge is 0.359 e. The van der Waals surface area contributed by atoms with Gasteiger partial charge in [0.15, 0.2) is 5.11 Å². The number of nitrogens with one attached hydrogen (secondary N) is 3. The van der Waals surface area contributed by atoms with Crippen LogP contribution in [0, 0.1) is 0 Å². The van der Waals surface area contributed by atoms with Crippen LogP contribution in [0.5, 0.6) is 0 Å². The zero-order valence-corrected chi connectivity index (χ0v) is 13.6. The van der Waals surface area contributed by atoms with Gasteiger partial charge in [0.05, 0.1) is 0 Å². The summed E-state index contributed by atoms with van der Waals surface area (Å²) >= 11 is 5.45. The first-order valence-electron chi connectivity index (χ1n) is 8.00. The van der Waals surface area contributed by atoms with Crippen LogP contribution in [0.3, 0.4) is 0 Å². The normalized spacial score (nSPS) is 16.8. The number of thiocarbonyl (C=S) groups is 1. The minimum Gasteiger partial charge on any atom is -0.359 e. The van der Waals surface area contributed by atoms with Crippen molar-refractivity contribution in [3.8, 4) is 0 Å². The van der Waals surface area contributed by atoms with Gasteiger partial charge in [-0.3, -0.25) is 0 Å². The molecule has 0 radical (unpaired) electrons. The average Bonchev–Trinajstić information content (AvgIpc) is 2.93. The van der Waals surface area contributed by atoms with Crippen molar-refractivity contribution < 1.29 is 0 Å². The van der Waals surface area contributed by atoms with Crippen molar-refractivity contribution in [2.75, 3.05) is 5.32 Å². The Hall–Kier alpha value is -2.33. The third kappa shape index (κ3) is 2.94. The highest BCUT2D eigenvalue weighted by Crippen LogP contribution is 2.29. The fraction of sp³-hybridized carbons (Fsp3) is 0.211. The molecule has 0 bridgehead atoms. The first kappa shape index (κ1) is 14.3. The third-order valence-corrected chi connectivity index (χ3v) is 4.68. The fourth-order valence-electron chi connectivity index (χ4n) is 3.38. The van der Waals surface area contributed by atoms with Crippen LogP contribution in [-0.2, 0) is 12.8 Å². The number of para-hydroxylation sites is 2. The Morgan fingerprint density at radius 3 is 2.70 bits per heavy atom. The molecule has 0 saturated heterocycles. The molecule has 1 aliphatic rings. The van der Waals surface area contributed by atoms with Crippen LogP contribution < -0.4 is 10.6 Å². The van der Waals surface area contributed by atoms with Gasteiger partial charge in [0.1, 0.15) is 0 Å². The second kappa shape index (κ2) is 6.05. The minimum atomic E-state index is 0.374. The molecule has 0 saturated carbocycles. The van der Waals surface area contributed by atoms with E-state index >= 15 is 0 Å². The van der Waals surface area contributed by atoms with E-state index in [-0.39, 0.29) is 0 Å². The third-order valence-electron chi connectivity index (χ3n) is 4.46. The molecule has 1 heterocycles. The van der Waals surface area contributed by atoms with Crippen LogP contribution in [0.25, 0.3) is 10.9 Å². The van der Waals surface area contributed by atoms with Gasteiger partial charge < -0.3 is 15.6 Å². The lowest BCUT2D eigenvalue weighted by Gasteiger charge is -2.25. The van der Waals surface area contributed by atoms with Crippen LogP contribution in [0.4, 0.5) is 5.69 Å². The first-order valence-corrected chi connectivity index (χ1v) is 8.41. The number of benzene rings is 2. The van der Waals surface area contributed by atoms with Crippen LogP contribution in [0.15, 0.2) is 54.6 Å². The fourth-order valence-corrected chi connectivity index (χ4v) is 3.66. The molecule has 1 unspecified atom stereocenters. The van der Waals surface area contributed by atoms with Crippen LogP contribution in [0.1, 0.15) is 17.7 Å². The lowest BCUT2D eigenvalue weighted by atomic mass is 9.92. The SMILES string of the molecule is S=C(Nc1ccccc1)NC1CCc2c([nH]c3ccccc23)C1. The van der Waals surface area contributed by atoms with Crippen molar-refractivity contribution in [2.45, 2.75) is 25.3 Å². The summed E-state index contributed by atoms with van der Waals surface area (Å²) < 4.78 is 0. The van der Waals surface area contributed by atoms with E-state index in [1.807, 2.05) is 30.3 Å². The van der Waals surface area contributed by atoms with Gasteiger partial charge in [-0.25, -0.2) is 0 Å². The molecule has 4 rings (SSSR count). The Bertz CT molecular complexity index is 838. The first-order chi connectivity index (χ1) is 11.3. The van der Waals surface area contributed by atoms with Crippen LogP contribution in [-0.4, -0.2) is 16.1 Å². The number of rotatable bonds is 2. The molecule has 0 fully saturated rings. The molecule has 1 aromatic heterocycles. The summed E-state index contributed by atoms with van der Waals surface area (Å²) in [5.74, 6) is 0. The molecule has 23 heavy (non-hydrogen) atoms. The molecule has 3 aromatic rings. The summed E-state index contributed by atoms with van der Waals surface area (Å²) in [7, 11) is 0. The number of hydrogen-bond donors (Lipinski definition) is 3. The highest BCUT2D eigenvalue weighted by molar-refractivity contribution is 7.80. The van der Waals surface area contributed by atoms with Gasteiger partial charge in [0.25, 0.3) is 0 Å². The Balaban J connectivity index is 1.45. The van der Waals surface area contributed by atoms with Gasteiger partial charge in [-0.15, -0.1) is 0 Å². The Kier molecular flexibility index (Phi) is 3.75. The molecule has 0 amide bonds. The highest BCUT2D eigenvalue weighted by Gasteiger charge is 2.22. The highest BCUT2D eigenvalue weighted by atomic mass is 32.1. The molecule has 4 heteroatoms. The van der Waals surface area contributed by atoms with E-state index in [1.165, 1.54) is 22.2 Å². The molecular weight excluding hydrogens is 302 g/mol. The summed E-state index contributed by atoms with van der Waals surface area (Å²) in [6.45, 7) is 0. The maximum absolute atomic E-state index is 5.45. The Morgan fingerprint density at radius 2 is 1.83 bits per heavy atom. The average molecular weight is 321 g/mol. The van der Waals surface area contributed by atoms with Crippen molar-refractivity contribution >= 4 is 33.9 Å². The van der Waals surface area contributed by atoms with E-state index in [4.69, 9.17) is 12.2 Å². The summed E-state index contributed by atoms with van der Waals surface area (Å²) in [5.41, 5.74) is 5.08. The lowest BCUT2D eigenvalue weighted by Crippen LogP contribution is -2.41. The monoisotopic (exact) mass is 321 g/mol. The van der Waals surface area contributed by atoms with E-state index in [2.05, 4.69) is 39.9 Å². The van der Waals surface area contributed by atoms with Gasteiger partial charge in [-0.2, -0.15) is 0 Å². The van der Waals surface area contributed by atoms with Crippen LogP contribution >= 0.6 is 12.2 Å². The summed E-state index contributed by atoms with van der Waals surface area (Å²) in [6, 6.07) is 19.0. The standard InChI is InChI=1S/C19H19N3S/c23-19(20-13-6-2-1-3-7-13)21-14-10-11-16-15-8-4-5-9-17(15)22-18(16)12-14/h1-9,14,22H,10-12H2,(H2,20,21,23). The number of aryl methyl sites for hydroxylation is 1. The van der Waals surface area contributed by atoms with Gasteiger partial charge >= 0.3 is 0 Å². The van der Waals surface area contributed by atoms with Crippen molar-refractivity contribution in [3.05, 3.63) is 65.9 Å². The maximum atomic E-state index is 5.45. The number of fused-ring (bicyclic) bond motifs is 3. The predicted molar refractivity (Wildman–Crippen MR) is 99.9 cm³/mol. The molecule has 3 nitrogen and oxygen atoms in total. The molecule has 1 aliphatic carbocycles. The van der Waals surface area contributed by atoms with E-state index < -0.39 is 0 Å². The second-order valence-electron chi connectivity index (χ2n) is 6.03. The predicted octanol–water partition coefficient (Wildman–Crippen LogP) is 4.01. The van der Waals surface area contributed by atoms with Gasteiger partial charge in [-0.05, 0) is 48.8 Å². The second-order valence-corrected chi connectivity index (χ2v) is 6.44. The van der Waals surface area contributed by atoms with Gasteiger partial charge in [0, 0.05) is 34.7 Å². The number of H-pyrrole nitrogens is 1. The number of anilines is 1. The zero-order chi connectivity index (χ0) is 15.6. The van der Waals surface area contributed by atoms with E-state index in [9.17, 15) is 0 Å². The summed E-state index contributed by atoms with van der Waals surface area (Å²) in [5, 5.41) is 8.76. The molecular formula is C19H19N3S. The molecule has 0 aliphatic heterocycles. The van der Waals surface area contributed by atoms with Crippen LogP contribution in [0.2, 0.25) is 0 Å². The maximum Gasteiger partial charge on any atom is 0.171 e.